The summed E-state index contributed by atoms with van der Waals surface area (Å²) in [5.74, 6) is -1.57. The first-order valence-corrected chi connectivity index (χ1v) is 10.7. The molecule has 32 heavy (non-hydrogen) atoms. The molecule has 6 atom stereocenters. The third kappa shape index (κ3) is 5.21. The van der Waals surface area contributed by atoms with Gasteiger partial charge in [0, 0.05) is 44.1 Å². The maximum Gasteiger partial charge on any atom is 0.305 e. The van der Waals surface area contributed by atoms with Crippen LogP contribution in [0.1, 0.15) is 50.2 Å². The molecule has 3 rings (SSSR count). The fourth-order valence-electron chi connectivity index (χ4n) is 4.76. The average molecular weight is 450 g/mol. The summed E-state index contributed by atoms with van der Waals surface area (Å²) in [4.78, 5) is 34.2. The van der Waals surface area contributed by atoms with E-state index in [1.54, 1.807) is 0 Å². The SMILES string of the molecule is COC(=O)CCCc1cccc2c1OC1CC(OC(C)=O)C(C(O)C(O)COC(C)=O)C21. The van der Waals surface area contributed by atoms with Gasteiger partial charge in [-0.05, 0) is 18.4 Å². The minimum absolute atomic E-state index is 0.274. The van der Waals surface area contributed by atoms with Crippen molar-refractivity contribution < 1.29 is 43.5 Å². The normalized spacial score (nSPS) is 25.2. The molecule has 176 valence electrons. The van der Waals surface area contributed by atoms with Crippen molar-refractivity contribution in [2.24, 2.45) is 5.92 Å². The molecule has 1 saturated carbocycles. The summed E-state index contributed by atoms with van der Waals surface area (Å²) < 4.78 is 21.2. The Labute approximate surface area is 186 Å². The zero-order valence-corrected chi connectivity index (χ0v) is 18.5. The molecule has 0 saturated heterocycles. The minimum Gasteiger partial charge on any atom is -0.489 e. The second-order valence-electron chi connectivity index (χ2n) is 8.27. The molecule has 9 nitrogen and oxygen atoms in total. The van der Waals surface area contributed by atoms with Gasteiger partial charge in [0.15, 0.2) is 0 Å². The van der Waals surface area contributed by atoms with Crippen LogP contribution in [0, 0.1) is 5.92 Å². The van der Waals surface area contributed by atoms with Crippen molar-refractivity contribution in [3.05, 3.63) is 29.3 Å². The van der Waals surface area contributed by atoms with Crippen LogP contribution in [0.4, 0.5) is 0 Å². The highest BCUT2D eigenvalue weighted by Crippen LogP contribution is 2.53. The third-order valence-corrected chi connectivity index (χ3v) is 6.08. The van der Waals surface area contributed by atoms with Gasteiger partial charge in [-0.2, -0.15) is 0 Å². The lowest BCUT2D eigenvalue weighted by atomic mass is 9.81. The fourth-order valence-corrected chi connectivity index (χ4v) is 4.76. The van der Waals surface area contributed by atoms with Gasteiger partial charge in [-0.15, -0.1) is 0 Å². The number of para-hydroxylation sites is 1. The highest BCUT2D eigenvalue weighted by atomic mass is 16.6. The lowest BCUT2D eigenvalue weighted by Crippen LogP contribution is -2.43. The average Bonchev–Trinajstić information content (AvgIpc) is 3.26. The van der Waals surface area contributed by atoms with E-state index in [2.05, 4.69) is 4.74 Å². The van der Waals surface area contributed by atoms with Crippen molar-refractivity contribution in [3.8, 4) is 5.75 Å². The number of fused-ring (bicyclic) bond motifs is 3. The van der Waals surface area contributed by atoms with Crippen molar-refractivity contribution in [1.82, 2.24) is 0 Å². The molecule has 1 aromatic rings. The summed E-state index contributed by atoms with van der Waals surface area (Å²) in [6.07, 6.45) is -1.75. The summed E-state index contributed by atoms with van der Waals surface area (Å²) in [5.41, 5.74) is 1.81. The molecule has 9 heteroatoms. The van der Waals surface area contributed by atoms with Crippen molar-refractivity contribution >= 4 is 17.9 Å². The van der Waals surface area contributed by atoms with Crippen molar-refractivity contribution in [3.63, 3.8) is 0 Å². The van der Waals surface area contributed by atoms with Crippen LogP contribution < -0.4 is 4.74 Å². The zero-order valence-electron chi connectivity index (χ0n) is 18.5. The molecule has 0 aromatic heterocycles. The molecule has 1 aliphatic carbocycles. The van der Waals surface area contributed by atoms with E-state index >= 15 is 0 Å². The molecular formula is C23H30O9. The Balaban J connectivity index is 1.83. The number of benzene rings is 1. The van der Waals surface area contributed by atoms with Gasteiger partial charge in [0.2, 0.25) is 0 Å². The molecule has 1 aromatic carbocycles. The van der Waals surface area contributed by atoms with Crippen molar-refractivity contribution in [1.29, 1.82) is 0 Å². The van der Waals surface area contributed by atoms with Crippen LogP contribution in [-0.4, -0.2) is 66.3 Å². The van der Waals surface area contributed by atoms with Gasteiger partial charge < -0.3 is 29.2 Å². The molecule has 0 spiro atoms. The Morgan fingerprint density at radius 2 is 1.94 bits per heavy atom. The first kappa shape index (κ1) is 24.0. The lowest BCUT2D eigenvalue weighted by Gasteiger charge is -2.31. The summed E-state index contributed by atoms with van der Waals surface area (Å²) in [7, 11) is 1.35. The van der Waals surface area contributed by atoms with Crippen LogP contribution >= 0.6 is 0 Å². The first-order valence-electron chi connectivity index (χ1n) is 10.7. The van der Waals surface area contributed by atoms with Gasteiger partial charge in [0.25, 0.3) is 0 Å². The van der Waals surface area contributed by atoms with Crippen LogP contribution in [0.15, 0.2) is 18.2 Å². The molecule has 1 heterocycles. The van der Waals surface area contributed by atoms with E-state index in [1.807, 2.05) is 18.2 Å². The van der Waals surface area contributed by atoms with E-state index < -0.39 is 36.2 Å². The molecule has 0 radical (unpaired) electrons. The number of ether oxygens (including phenoxy) is 4. The number of methoxy groups -OCH3 is 1. The number of aliphatic hydroxyl groups is 2. The number of carbonyl (C=O) groups excluding carboxylic acids is 3. The molecular weight excluding hydrogens is 420 g/mol. The van der Waals surface area contributed by atoms with Crippen molar-refractivity contribution in [2.75, 3.05) is 13.7 Å². The second-order valence-corrected chi connectivity index (χ2v) is 8.27. The highest BCUT2D eigenvalue weighted by molar-refractivity contribution is 5.69. The van der Waals surface area contributed by atoms with Gasteiger partial charge in [-0.3, -0.25) is 14.4 Å². The molecule has 2 N–H and O–H groups in total. The van der Waals surface area contributed by atoms with E-state index in [-0.39, 0.29) is 24.6 Å². The first-order chi connectivity index (χ1) is 15.2. The Bertz CT molecular complexity index is 852. The van der Waals surface area contributed by atoms with Crippen LogP contribution in [0.5, 0.6) is 5.75 Å². The maximum absolute atomic E-state index is 11.7. The second kappa shape index (κ2) is 10.3. The Hall–Kier alpha value is -2.65. The number of carbonyl (C=O) groups is 3. The maximum atomic E-state index is 11.7. The Kier molecular flexibility index (Phi) is 7.73. The lowest BCUT2D eigenvalue weighted by molar-refractivity contribution is -0.155. The Morgan fingerprint density at radius 3 is 2.59 bits per heavy atom. The molecule has 6 unspecified atom stereocenters. The van der Waals surface area contributed by atoms with E-state index in [4.69, 9.17) is 14.2 Å². The predicted molar refractivity (Wildman–Crippen MR) is 111 cm³/mol. The molecule has 2 aliphatic rings. The van der Waals surface area contributed by atoms with Gasteiger partial charge in [0.05, 0.1) is 13.2 Å². The van der Waals surface area contributed by atoms with Gasteiger partial charge >= 0.3 is 17.9 Å². The predicted octanol–water partition coefficient (Wildman–Crippen LogP) is 1.26. The largest absolute Gasteiger partial charge is 0.489 e. The number of esters is 3. The Morgan fingerprint density at radius 1 is 1.19 bits per heavy atom. The molecule has 0 bridgehead atoms. The molecule has 1 aliphatic heterocycles. The van der Waals surface area contributed by atoms with E-state index in [1.165, 1.54) is 21.0 Å². The fraction of sp³-hybridized carbons (Fsp3) is 0.609. The number of rotatable bonds is 9. The number of aliphatic hydroxyl groups excluding tert-OH is 2. The summed E-state index contributed by atoms with van der Waals surface area (Å²) >= 11 is 0. The molecule has 0 amide bonds. The standard InChI is InChI=1S/C23H30O9/c1-12(24)30-11-16(26)22(28)21-18(31-13(2)25)10-17-20(21)15-8-4-6-14(23(15)32-17)7-5-9-19(27)29-3/h4,6,8,16-18,20-22,26,28H,5,7,9-11H2,1-3H3. The van der Waals surface area contributed by atoms with Gasteiger partial charge in [0.1, 0.15) is 30.7 Å². The number of aryl methyl sites for hydroxylation is 1. The topological polar surface area (TPSA) is 129 Å². The molecule has 1 fully saturated rings. The third-order valence-electron chi connectivity index (χ3n) is 6.08. The van der Waals surface area contributed by atoms with Gasteiger partial charge in [-0.1, -0.05) is 18.2 Å². The van der Waals surface area contributed by atoms with Crippen LogP contribution in [0.3, 0.4) is 0 Å². The van der Waals surface area contributed by atoms with Crippen LogP contribution in [-0.2, 0) is 35.0 Å². The van der Waals surface area contributed by atoms with Crippen LogP contribution in [0.25, 0.3) is 0 Å². The monoisotopic (exact) mass is 450 g/mol. The smallest absolute Gasteiger partial charge is 0.305 e. The van der Waals surface area contributed by atoms with E-state index in [0.717, 1.165) is 11.1 Å². The number of hydrogen-bond acceptors (Lipinski definition) is 9. The highest BCUT2D eigenvalue weighted by Gasteiger charge is 2.55. The summed E-state index contributed by atoms with van der Waals surface area (Å²) in [6, 6.07) is 5.72. The number of hydrogen-bond donors (Lipinski definition) is 2. The zero-order chi connectivity index (χ0) is 23.4. The van der Waals surface area contributed by atoms with Crippen LogP contribution in [0.2, 0.25) is 0 Å². The summed E-state index contributed by atoms with van der Waals surface area (Å²) in [6.45, 7) is 2.15. The minimum atomic E-state index is -1.34. The van der Waals surface area contributed by atoms with Gasteiger partial charge in [-0.25, -0.2) is 0 Å². The quantitative estimate of drug-likeness (QED) is 0.422. The van der Waals surface area contributed by atoms with E-state index in [0.29, 0.717) is 31.4 Å². The van der Waals surface area contributed by atoms with E-state index in [9.17, 15) is 24.6 Å². The summed E-state index contributed by atoms with van der Waals surface area (Å²) in [5, 5.41) is 21.4. The van der Waals surface area contributed by atoms with Crippen molar-refractivity contribution in [2.45, 2.75) is 69.9 Å².